The fourth-order valence-electron chi connectivity index (χ4n) is 1.40. The summed E-state index contributed by atoms with van der Waals surface area (Å²) in [6, 6.07) is 3.58. The highest BCUT2D eigenvalue weighted by Crippen LogP contribution is 2.13. The zero-order valence-electron chi connectivity index (χ0n) is 9.24. The molecule has 0 saturated carbocycles. The Morgan fingerprint density at radius 1 is 1.62 bits per heavy atom. The van der Waals surface area contributed by atoms with E-state index in [1.165, 1.54) is 0 Å². The highest BCUT2D eigenvalue weighted by molar-refractivity contribution is 9.10. The normalized spacial score (nSPS) is 12.2. The van der Waals surface area contributed by atoms with Gasteiger partial charge in [0.1, 0.15) is 4.60 Å². The van der Waals surface area contributed by atoms with Crippen LogP contribution in [-0.2, 0) is 4.79 Å². The molecule has 4 nitrogen and oxygen atoms in total. The minimum absolute atomic E-state index is 0.0338. The van der Waals surface area contributed by atoms with Crippen molar-refractivity contribution in [3.8, 4) is 0 Å². The lowest BCUT2D eigenvalue weighted by Gasteiger charge is -2.13. The van der Waals surface area contributed by atoms with Crippen LogP contribution in [0.5, 0.6) is 0 Å². The van der Waals surface area contributed by atoms with Gasteiger partial charge in [-0.1, -0.05) is 13.3 Å². The van der Waals surface area contributed by atoms with E-state index in [1.54, 1.807) is 18.3 Å². The lowest BCUT2D eigenvalue weighted by atomic mass is 10.0. The minimum atomic E-state index is -0.117. The summed E-state index contributed by atoms with van der Waals surface area (Å²) in [7, 11) is 0. The van der Waals surface area contributed by atoms with Gasteiger partial charge in [-0.05, 0) is 34.5 Å². The lowest BCUT2D eigenvalue weighted by molar-refractivity contribution is -0.119. The zero-order valence-corrected chi connectivity index (χ0v) is 10.8. The van der Waals surface area contributed by atoms with Gasteiger partial charge >= 0.3 is 0 Å². The lowest BCUT2D eigenvalue weighted by Crippen LogP contribution is -2.29. The van der Waals surface area contributed by atoms with Crippen molar-refractivity contribution in [2.75, 3.05) is 11.9 Å². The SMILES string of the molecule is CCCC(CN)C(=O)Nc1ccc(Br)nc1. The smallest absolute Gasteiger partial charge is 0.228 e. The molecule has 0 radical (unpaired) electrons. The van der Waals surface area contributed by atoms with Gasteiger partial charge < -0.3 is 11.1 Å². The van der Waals surface area contributed by atoms with Crippen molar-refractivity contribution in [1.29, 1.82) is 0 Å². The van der Waals surface area contributed by atoms with Crippen molar-refractivity contribution >= 4 is 27.5 Å². The maximum absolute atomic E-state index is 11.8. The molecule has 1 rings (SSSR count). The maximum Gasteiger partial charge on any atom is 0.228 e. The number of anilines is 1. The molecule has 16 heavy (non-hydrogen) atoms. The number of nitrogens with two attached hydrogens (primary N) is 1. The number of hydrogen-bond acceptors (Lipinski definition) is 3. The summed E-state index contributed by atoms with van der Waals surface area (Å²) in [5.74, 6) is -0.151. The number of pyridine rings is 1. The molecule has 1 unspecified atom stereocenters. The molecule has 0 bridgehead atoms. The Balaban J connectivity index is 2.59. The predicted octanol–water partition coefficient (Wildman–Crippen LogP) is 2.16. The molecule has 0 spiro atoms. The third kappa shape index (κ3) is 3.90. The number of carbonyl (C=O) groups is 1. The first-order chi connectivity index (χ1) is 7.67. The van der Waals surface area contributed by atoms with Crippen molar-refractivity contribution in [2.24, 2.45) is 11.7 Å². The quantitative estimate of drug-likeness (QED) is 0.815. The third-order valence-electron chi connectivity index (χ3n) is 2.29. The van der Waals surface area contributed by atoms with E-state index in [-0.39, 0.29) is 11.8 Å². The van der Waals surface area contributed by atoms with E-state index in [2.05, 4.69) is 26.2 Å². The van der Waals surface area contributed by atoms with Gasteiger partial charge in [-0.15, -0.1) is 0 Å². The summed E-state index contributed by atoms with van der Waals surface area (Å²) >= 11 is 3.24. The van der Waals surface area contributed by atoms with Gasteiger partial charge in [0.05, 0.1) is 17.8 Å². The van der Waals surface area contributed by atoms with Gasteiger partial charge in [-0.25, -0.2) is 4.98 Å². The Hall–Kier alpha value is -0.940. The number of nitrogens with one attached hydrogen (secondary N) is 1. The summed E-state index contributed by atoms with van der Waals surface area (Å²) in [6.07, 6.45) is 3.38. The van der Waals surface area contributed by atoms with Crippen LogP contribution in [0.15, 0.2) is 22.9 Å². The molecule has 1 atom stereocenters. The van der Waals surface area contributed by atoms with Gasteiger partial charge in [0.2, 0.25) is 5.91 Å². The number of hydrogen-bond donors (Lipinski definition) is 2. The fraction of sp³-hybridized carbons (Fsp3) is 0.455. The number of rotatable bonds is 5. The molecule has 1 heterocycles. The molecule has 0 aromatic carbocycles. The Labute approximate surface area is 104 Å². The fourth-order valence-corrected chi connectivity index (χ4v) is 1.63. The Morgan fingerprint density at radius 2 is 2.38 bits per heavy atom. The predicted molar refractivity (Wildman–Crippen MR) is 68.0 cm³/mol. The highest BCUT2D eigenvalue weighted by atomic mass is 79.9. The van der Waals surface area contributed by atoms with Crippen LogP contribution in [0.3, 0.4) is 0 Å². The molecule has 0 saturated heterocycles. The highest BCUT2D eigenvalue weighted by Gasteiger charge is 2.15. The second-order valence-corrected chi connectivity index (χ2v) is 4.39. The van der Waals surface area contributed by atoms with Gasteiger partial charge in [-0.3, -0.25) is 4.79 Å². The van der Waals surface area contributed by atoms with Crippen molar-refractivity contribution < 1.29 is 4.79 Å². The summed E-state index contributed by atoms with van der Waals surface area (Å²) in [4.78, 5) is 15.8. The molecule has 3 N–H and O–H groups in total. The third-order valence-corrected chi connectivity index (χ3v) is 2.76. The van der Waals surface area contributed by atoms with Gasteiger partial charge in [-0.2, -0.15) is 0 Å². The van der Waals surface area contributed by atoms with Crippen LogP contribution in [0.25, 0.3) is 0 Å². The van der Waals surface area contributed by atoms with E-state index in [1.807, 2.05) is 6.92 Å². The number of nitrogens with zero attached hydrogens (tertiary/aromatic N) is 1. The van der Waals surface area contributed by atoms with E-state index in [4.69, 9.17) is 5.73 Å². The molecule has 1 aromatic heterocycles. The standard InChI is InChI=1S/C11H16BrN3O/c1-2-3-8(6-13)11(16)15-9-4-5-10(12)14-7-9/h4-5,7-8H,2-3,6,13H2,1H3,(H,15,16). The molecular formula is C11H16BrN3O. The van der Waals surface area contributed by atoms with E-state index >= 15 is 0 Å². The first-order valence-electron chi connectivity index (χ1n) is 5.29. The van der Waals surface area contributed by atoms with Crippen LogP contribution in [0.4, 0.5) is 5.69 Å². The number of halogens is 1. The van der Waals surface area contributed by atoms with Crippen LogP contribution in [0, 0.1) is 5.92 Å². The summed E-state index contributed by atoms with van der Waals surface area (Å²) in [5.41, 5.74) is 6.25. The average molecular weight is 286 g/mol. The molecule has 5 heteroatoms. The Morgan fingerprint density at radius 3 is 2.88 bits per heavy atom. The molecule has 0 aliphatic heterocycles. The Kier molecular flexibility index (Phi) is 5.42. The summed E-state index contributed by atoms with van der Waals surface area (Å²) < 4.78 is 0.745. The molecule has 0 aliphatic rings. The zero-order chi connectivity index (χ0) is 12.0. The van der Waals surface area contributed by atoms with E-state index in [9.17, 15) is 4.79 Å². The largest absolute Gasteiger partial charge is 0.330 e. The van der Waals surface area contributed by atoms with Crippen molar-refractivity contribution in [3.05, 3.63) is 22.9 Å². The summed E-state index contributed by atoms with van der Waals surface area (Å²) in [6.45, 7) is 2.42. The van der Waals surface area contributed by atoms with Gasteiger partial charge in [0.15, 0.2) is 0 Å². The molecule has 0 aliphatic carbocycles. The Bertz CT molecular complexity index is 340. The van der Waals surface area contributed by atoms with Crippen molar-refractivity contribution in [2.45, 2.75) is 19.8 Å². The van der Waals surface area contributed by atoms with Crippen LogP contribution in [0.2, 0.25) is 0 Å². The molecule has 0 fully saturated rings. The van der Waals surface area contributed by atoms with Crippen molar-refractivity contribution in [1.82, 2.24) is 4.98 Å². The van der Waals surface area contributed by atoms with Crippen LogP contribution in [0.1, 0.15) is 19.8 Å². The first kappa shape index (κ1) is 13.1. The number of carbonyl (C=O) groups excluding carboxylic acids is 1. The molecule has 1 amide bonds. The molecule has 1 aromatic rings. The maximum atomic E-state index is 11.8. The molecular weight excluding hydrogens is 270 g/mol. The van der Waals surface area contributed by atoms with Gasteiger partial charge in [0.25, 0.3) is 0 Å². The summed E-state index contributed by atoms with van der Waals surface area (Å²) in [5, 5.41) is 2.80. The van der Waals surface area contributed by atoms with Crippen LogP contribution < -0.4 is 11.1 Å². The monoisotopic (exact) mass is 285 g/mol. The second-order valence-electron chi connectivity index (χ2n) is 3.58. The second kappa shape index (κ2) is 6.60. The van der Waals surface area contributed by atoms with Crippen LogP contribution >= 0.6 is 15.9 Å². The first-order valence-corrected chi connectivity index (χ1v) is 6.09. The minimum Gasteiger partial charge on any atom is -0.330 e. The number of aromatic nitrogens is 1. The molecule has 88 valence electrons. The van der Waals surface area contributed by atoms with Crippen molar-refractivity contribution in [3.63, 3.8) is 0 Å². The average Bonchev–Trinajstić information content (AvgIpc) is 2.29. The van der Waals surface area contributed by atoms with E-state index in [0.29, 0.717) is 12.2 Å². The number of amides is 1. The van der Waals surface area contributed by atoms with E-state index in [0.717, 1.165) is 17.4 Å². The topological polar surface area (TPSA) is 68.0 Å². The van der Waals surface area contributed by atoms with E-state index < -0.39 is 0 Å². The van der Waals surface area contributed by atoms with Crippen LogP contribution in [-0.4, -0.2) is 17.4 Å². The van der Waals surface area contributed by atoms with Gasteiger partial charge in [0, 0.05) is 6.54 Å².